The Hall–Kier alpha value is -2.65. The van der Waals surface area contributed by atoms with Crippen LogP contribution in [0.2, 0.25) is 0 Å². The van der Waals surface area contributed by atoms with Crippen molar-refractivity contribution in [1.82, 2.24) is 9.71 Å². The standard InChI is InChI=1S/C15H17N3O5S/c1-2-23-15(20)18-24(21,22)14-9-16-7-6-13(14)17-12-5-3-4-11(8-12)10-19/h3-9,19H,2,10H2,1H3,(H,16,17)(H,18,20). The zero-order chi connectivity index (χ0) is 17.6. The molecule has 2 aromatic rings. The highest BCUT2D eigenvalue weighted by Crippen LogP contribution is 2.24. The van der Waals surface area contributed by atoms with Crippen molar-refractivity contribution in [3.8, 4) is 0 Å². The number of aromatic nitrogens is 1. The molecule has 128 valence electrons. The zero-order valence-electron chi connectivity index (χ0n) is 12.9. The van der Waals surface area contributed by atoms with Gasteiger partial charge in [-0.2, -0.15) is 0 Å². The molecule has 24 heavy (non-hydrogen) atoms. The molecule has 0 bridgehead atoms. The lowest BCUT2D eigenvalue weighted by Gasteiger charge is -2.13. The number of rotatable bonds is 6. The van der Waals surface area contributed by atoms with Gasteiger partial charge in [-0.15, -0.1) is 0 Å². The number of nitrogens with one attached hydrogen (secondary N) is 2. The summed E-state index contributed by atoms with van der Waals surface area (Å²) in [6.45, 7) is 1.48. The number of amides is 1. The monoisotopic (exact) mass is 351 g/mol. The second-order valence-corrected chi connectivity index (χ2v) is 6.33. The van der Waals surface area contributed by atoms with Crippen LogP contribution in [0.15, 0.2) is 47.6 Å². The van der Waals surface area contributed by atoms with E-state index in [1.54, 1.807) is 31.2 Å². The van der Waals surface area contributed by atoms with Crippen LogP contribution >= 0.6 is 0 Å². The lowest BCUT2D eigenvalue weighted by Crippen LogP contribution is -2.31. The third kappa shape index (κ3) is 4.43. The van der Waals surface area contributed by atoms with E-state index in [-0.39, 0.29) is 23.8 Å². The van der Waals surface area contributed by atoms with Crippen molar-refractivity contribution in [1.29, 1.82) is 0 Å². The minimum absolute atomic E-state index is 0.0491. The maximum absolute atomic E-state index is 12.3. The van der Waals surface area contributed by atoms with Crippen molar-refractivity contribution in [2.45, 2.75) is 18.4 Å². The van der Waals surface area contributed by atoms with E-state index in [0.717, 1.165) is 6.20 Å². The second kappa shape index (κ2) is 7.75. The number of carbonyl (C=O) groups excluding carboxylic acids is 1. The summed E-state index contributed by atoms with van der Waals surface area (Å²) in [7, 11) is -4.15. The van der Waals surface area contributed by atoms with Crippen molar-refractivity contribution in [3.05, 3.63) is 48.3 Å². The summed E-state index contributed by atoms with van der Waals surface area (Å²) in [6.07, 6.45) is 1.48. The number of sulfonamides is 1. The van der Waals surface area contributed by atoms with Gasteiger partial charge in [-0.05, 0) is 30.7 Å². The second-order valence-electron chi connectivity index (χ2n) is 4.68. The number of anilines is 2. The number of benzene rings is 1. The van der Waals surface area contributed by atoms with Crippen LogP contribution in [-0.4, -0.2) is 31.2 Å². The Balaban J connectivity index is 2.31. The molecular weight excluding hydrogens is 334 g/mol. The Morgan fingerprint density at radius 1 is 1.33 bits per heavy atom. The third-order valence-corrected chi connectivity index (χ3v) is 4.30. The fourth-order valence-electron chi connectivity index (χ4n) is 1.93. The molecule has 1 aromatic heterocycles. The number of hydrogen-bond acceptors (Lipinski definition) is 7. The van der Waals surface area contributed by atoms with E-state index < -0.39 is 16.1 Å². The molecular formula is C15H17N3O5S. The predicted octanol–water partition coefficient (Wildman–Crippen LogP) is 1.75. The van der Waals surface area contributed by atoms with E-state index in [1.165, 1.54) is 12.3 Å². The average Bonchev–Trinajstić information content (AvgIpc) is 2.55. The summed E-state index contributed by atoms with van der Waals surface area (Å²) in [5.41, 5.74) is 1.49. The minimum Gasteiger partial charge on any atom is -0.449 e. The number of carbonyl (C=O) groups is 1. The van der Waals surface area contributed by atoms with Gasteiger partial charge in [0.05, 0.1) is 18.9 Å². The van der Waals surface area contributed by atoms with Crippen LogP contribution in [0.1, 0.15) is 12.5 Å². The maximum Gasteiger partial charge on any atom is 0.421 e. The van der Waals surface area contributed by atoms with E-state index in [9.17, 15) is 13.2 Å². The van der Waals surface area contributed by atoms with Gasteiger partial charge in [-0.25, -0.2) is 17.9 Å². The fraction of sp³-hybridized carbons (Fsp3) is 0.200. The van der Waals surface area contributed by atoms with Crippen molar-refractivity contribution in [2.75, 3.05) is 11.9 Å². The van der Waals surface area contributed by atoms with Crippen molar-refractivity contribution < 1.29 is 23.1 Å². The molecule has 0 aliphatic heterocycles. The molecule has 3 N–H and O–H groups in total. The Bertz CT molecular complexity index is 823. The van der Waals surface area contributed by atoms with E-state index in [2.05, 4.69) is 15.0 Å². The molecule has 0 unspecified atom stereocenters. The SMILES string of the molecule is CCOC(=O)NS(=O)(=O)c1cnccc1Nc1cccc(CO)c1. The first-order valence-electron chi connectivity index (χ1n) is 7.06. The molecule has 0 aliphatic rings. The van der Waals surface area contributed by atoms with Crippen LogP contribution in [0.4, 0.5) is 16.2 Å². The number of pyridine rings is 1. The van der Waals surface area contributed by atoms with E-state index in [1.807, 2.05) is 4.72 Å². The van der Waals surface area contributed by atoms with Gasteiger partial charge in [0.25, 0.3) is 10.0 Å². The molecule has 0 fully saturated rings. The van der Waals surface area contributed by atoms with Crippen LogP contribution in [0.25, 0.3) is 0 Å². The smallest absolute Gasteiger partial charge is 0.421 e. The Labute approximate surface area is 139 Å². The van der Waals surface area contributed by atoms with Gasteiger partial charge >= 0.3 is 6.09 Å². The molecule has 8 nitrogen and oxygen atoms in total. The molecule has 9 heteroatoms. The van der Waals surface area contributed by atoms with Crippen LogP contribution < -0.4 is 10.0 Å². The summed E-state index contributed by atoms with van der Waals surface area (Å²) in [5.74, 6) is 0. The summed E-state index contributed by atoms with van der Waals surface area (Å²) >= 11 is 0. The van der Waals surface area contributed by atoms with Crippen LogP contribution in [0.5, 0.6) is 0 Å². The molecule has 0 spiro atoms. The number of ether oxygens (including phenoxy) is 1. The van der Waals surface area contributed by atoms with Gasteiger partial charge in [0.2, 0.25) is 0 Å². The first-order valence-corrected chi connectivity index (χ1v) is 8.55. The summed E-state index contributed by atoms with van der Waals surface area (Å²) in [6, 6.07) is 8.31. The van der Waals surface area contributed by atoms with Gasteiger partial charge in [0.15, 0.2) is 0 Å². The van der Waals surface area contributed by atoms with Crippen molar-refractivity contribution in [3.63, 3.8) is 0 Å². The molecule has 1 heterocycles. The lowest BCUT2D eigenvalue weighted by atomic mass is 10.2. The quantitative estimate of drug-likeness (QED) is 0.725. The number of aliphatic hydroxyl groups excluding tert-OH is 1. The summed E-state index contributed by atoms with van der Waals surface area (Å²) < 4.78 is 31.0. The highest BCUT2D eigenvalue weighted by molar-refractivity contribution is 7.90. The van der Waals surface area contributed by atoms with Crippen molar-refractivity contribution in [2.24, 2.45) is 0 Å². The Kier molecular flexibility index (Phi) is 5.72. The number of hydrogen-bond donors (Lipinski definition) is 3. The summed E-state index contributed by atoms with van der Waals surface area (Å²) in [5, 5.41) is 12.1. The summed E-state index contributed by atoms with van der Waals surface area (Å²) in [4.78, 5) is 15.0. The minimum atomic E-state index is -4.15. The Morgan fingerprint density at radius 3 is 2.83 bits per heavy atom. The maximum atomic E-state index is 12.3. The highest BCUT2D eigenvalue weighted by atomic mass is 32.2. The van der Waals surface area contributed by atoms with Gasteiger partial charge in [-0.1, -0.05) is 12.1 Å². The third-order valence-electron chi connectivity index (χ3n) is 2.96. The van der Waals surface area contributed by atoms with Crippen LogP contribution in [0.3, 0.4) is 0 Å². The molecule has 0 aliphatic carbocycles. The first kappa shape index (κ1) is 17.7. The van der Waals surface area contributed by atoms with E-state index in [0.29, 0.717) is 11.3 Å². The van der Waals surface area contributed by atoms with Crippen LogP contribution in [-0.2, 0) is 21.4 Å². The highest BCUT2D eigenvalue weighted by Gasteiger charge is 2.22. The largest absolute Gasteiger partial charge is 0.449 e. The molecule has 1 amide bonds. The molecule has 2 rings (SSSR count). The van der Waals surface area contributed by atoms with Gasteiger partial charge < -0.3 is 15.2 Å². The van der Waals surface area contributed by atoms with E-state index >= 15 is 0 Å². The lowest BCUT2D eigenvalue weighted by molar-refractivity contribution is 0.158. The van der Waals surface area contributed by atoms with Crippen LogP contribution in [0, 0.1) is 0 Å². The van der Waals surface area contributed by atoms with Gasteiger partial charge in [0, 0.05) is 18.1 Å². The number of aliphatic hydroxyl groups is 1. The molecule has 0 saturated heterocycles. The molecule has 0 atom stereocenters. The molecule has 0 saturated carbocycles. The normalized spacial score (nSPS) is 10.9. The van der Waals surface area contributed by atoms with Gasteiger partial charge in [0.1, 0.15) is 4.90 Å². The first-order chi connectivity index (χ1) is 11.5. The fourth-order valence-corrected chi connectivity index (χ4v) is 2.92. The Morgan fingerprint density at radius 2 is 2.12 bits per heavy atom. The predicted molar refractivity (Wildman–Crippen MR) is 87.2 cm³/mol. The average molecular weight is 351 g/mol. The van der Waals surface area contributed by atoms with Crippen molar-refractivity contribution >= 4 is 27.5 Å². The van der Waals surface area contributed by atoms with E-state index in [4.69, 9.17) is 5.11 Å². The zero-order valence-corrected chi connectivity index (χ0v) is 13.7. The van der Waals surface area contributed by atoms with Gasteiger partial charge in [-0.3, -0.25) is 4.98 Å². The number of nitrogens with zero attached hydrogens (tertiary/aromatic N) is 1. The molecule has 0 radical (unpaired) electrons. The molecule has 1 aromatic carbocycles. The topological polar surface area (TPSA) is 118 Å².